The smallest absolute Gasteiger partial charge is 0.191 e. The molecular weight excluding hydrogens is 503 g/mol. The lowest BCUT2D eigenvalue weighted by molar-refractivity contribution is 0.368. The molecule has 3 rings (SSSR count). The second kappa shape index (κ2) is 13.5. The number of nitrogens with one attached hydrogen (secondary N) is 2. The Labute approximate surface area is 203 Å². The van der Waals surface area contributed by atoms with Crippen molar-refractivity contribution in [3.05, 3.63) is 41.4 Å². The highest BCUT2D eigenvalue weighted by atomic mass is 127. The Balaban J connectivity index is 0.00000341. The third-order valence-electron chi connectivity index (χ3n) is 5.67. The van der Waals surface area contributed by atoms with E-state index < -0.39 is 0 Å². The van der Waals surface area contributed by atoms with Gasteiger partial charge < -0.3 is 20.1 Å². The monoisotopic (exact) mass is 540 g/mol. The van der Waals surface area contributed by atoms with Crippen LogP contribution in [-0.4, -0.2) is 35.7 Å². The van der Waals surface area contributed by atoms with E-state index in [1.54, 1.807) is 0 Å². The molecular formula is C23H37IN6O. The van der Waals surface area contributed by atoms with Gasteiger partial charge in [0.05, 0.1) is 18.8 Å². The molecule has 0 aliphatic carbocycles. The lowest BCUT2D eigenvalue weighted by Crippen LogP contribution is -2.36. The van der Waals surface area contributed by atoms with Crippen LogP contribution < -0.4 is 15.5 Å². The summed E-state index contributed by atoms with van der Waals surface area (Å²) < 4.78 is 5.51. The second-order valence-electron chi connectivity index (χ2n) is 7.85. The fraction of sp³-hybridized carbons (Fsp3) is 0.609. The van der Waals surface area contributed by atoms with Gasteiger partial charge in [-0.15, -0.1) is 24.0 Å². The topological polar surface area (TPSA) is 78.6 Å². The maximum Gasteiger partial charge on any atom is 0.191 e. The Morgan fingerprint density at radius 2 is 1.90 bits per heavy atom. The normalized spacial score (nSPS) is 14.5. The summed E-state index contributed by atoms with van der Waals surface area (Å²) in [5.41, 5.74) is 2.21. The Morgan fingerprint density at radius 3 is 2.61 bits per heavy atom. The highest BCUT2D eigenvalue weighted by molar-refractivity contribution is 14.0. The molecule has 7 nitrogen and oxygen atoms in total. The number of nitrogens with zero attached hydrogens (tertiary/aromatic N) is 4. The molecule has 0 bridgehead atoms. The molecule has 1 aliphatic heterocycles. The van der Waals surface area contributed by atoms with Crippen LogP contribution in [0, 0.1) is 0 Å². The predicted molar refractivity (Wildman–Crippen MR) is 137 cm³/mol. The second-order valence-corrected chi connectivity index (χ2v) is 7.85. The SMILES string of the molecule is CCNC(=NCc1ccnc(N2CCCCC2)c1)NCc1cc(C(CC)CC)no1.I. The lowest BCUT2D eigenvalue weighted by Gasteiger charge is -2.27. The van der Waals surface area contributed by atoms with E-state index in [-0.39, 0.29) is 24.0 Å². The molecule has 0 unspecified atom stereocenters. The summed E-state index contributed by atoms with van der Waals surface area (Å²) in [4.78, 5) is 11.7. The number of piperidine rings is 1. The van der Waals surface area contributed by atoms with E-state index in [1.165, 1.54) is 24.8 Å². The van der Waals surface area contributed by atoms with Crippen molar-refractivity contribution in [1.29, 1.82) is 0 Å². The minimum absolute atomic E-state index is 0. The van der Waals surface area contributed by atoms with E-state index in [0.717, 1.165) is 55.7 Å². The van der Waals surface area contributed by atoms with Gasteiger partial charge in [-0.25, -0.2) is 9.98 Å². The minimum atomic E-state index is 0. The molecule has 3 heterocycles. The van der Waals surface area contributed by atoms with Crippen LogP contribution in [0.2, 0.25) is 0 Å². The van der Waals surface area contributed by atoms with E-state index in [9.17, 15) is 0 Å². The maximum atomic E-state index is 5.51. The quantitative estimate of drug-likeness (QED) is 0.269. The van der Waals surface area contributed by atoms with Gasteiger partial charge in [0.2, 0.25) is 0 Å². The third kappa shape index (κ3) is 7.66. The zero-order valence-electron chi connectivity index (χ0n) is 19.1. The first-order chi connectivity index (χ1) is 14.7. The van der Waals surface area contributed by atoms with Crippen molar-refractivity contribution in [1.82, 2.24) is 20.8 Å². The number of rotatable bonds is 9. The van der Waals surface area contributed by atoms with Crippen molar-refractivity contribution in [2.24, 2.45) is 4.99 Å². The van der Waals surface area contributed by atoms with Crippen molar-refractivity contribution in [3.63, 3.8) is 0 Å². The van der Waals surface area contributed by atoms with Crippen molar-refractivity contribution in [2.75, 3.05) is 24.5 Å². The molecule has 0 radical (unpaired) electrons. The van der Waals surface area contributed by atoms with Gasteiger partial charge in [-0.3, -0.25) is 0 Å². The molecule has 0 aromatic carbocycles. The van der Waals surface area contributed by atoms with Crippen LogP contribution in [0.5, 0.6) is 0 Å². The van der Waals surface area contributed by atoms with Crippen LogP contribution in [0.25, 0.3) is 0 Å². The predicted octanol–water partition coefficient (Wildman–Crippen LogP) is 4.84. The largest absolute Gasteiger partial charge is 0.359 e. The first kappa shape index (κ1) is 25.4. The minimum Gasteiger partial charge on any atom is -0.359 e. The highest BCUT2D eigenvalue weighted by Crippen LogP contribution is 2.22. The van der Waals surface area contributed by atoms with E-state index in [2.05, 4.69) is 58.6 Å². The van der Waals surface area contributed by atoms with Gasteiger partial charge in [-0.05, 0) is 56.7 Å². The first-order valence-corrected chi connectivity index (χ1v) is 11.4. The van der Waals surface area contributed by atoms with Crippen molar-refractivity contribution in [3.8, 4) is 0 Å². The molecule has 2 N–H and O–H groups in total. The standard InChI is InChI=1S/C23H36N6O.HI/c1-4-19(5-2)21-15-20(30-28-21)17-27-23(24-6-3)26-16-18-10-11-25-22(14-18)29-12-8-7-9-13-29;/h10-11,14-15,19H,4-9,12-13,16-17H2,1-3H3,(H2,24,26,27);1H. The summed E-state index contributed by atoms with van der Waals surface area (Å²) in [5.74, 6) is 3.13. The molecule has 1 aliphatic rings. The van der Waals surface area contributed by atoms with Gasteiger partial charge in [0, 0.05) is 37.8 Å². The average molecular weight is 540 g/mol. The Morgan fingerprint density at radius 1 is 1.13 bits per heavy atom. The van der Waals surface area contributed by atoms with Gasteiger partial charge in [0.1, 0.15) is 5.82 Å². The summed E-state index contributed by atoms with van der Waals surface area (Å²) in [6, 6.07) is 6.26. The van der Waals surface area contributed by atoms with E-state index in [0.29, 0.717) is 19.0 Å². The highest BCUT2D eigenvalue weighted by Gasteiger charge is 2.14. The van der Waals surface area contributed by atoms with Crippen LogP contribution in [0.4, 0.5) is 5.82 Å². The number of aromatic nitrogens is 2. The Kier molecular flexibility index (Phi) is 11.1. The van der Waals surface area contributed by atoms with Crippen LogP contribution in [0.15, 0.2) is 33.9 Å². The van der Waals surface area contributed by atoms with Crippen LogP contribution in [0.3, 0.4) is 0 Å². The molecule has 0 spiro atoms. The summed E-state index contributed by atoms with van der Waals surface area (Å²) in [6.45, 7) is 10.6. The fourth-order valence-electron chi connectivity index (χ4n) is 3.85. The van der Waals surface area contributed by atoms with E-state index in [4.69, 9.17) is 9.52 Å². The summed E-state index contributed by atoms with van der Waals surface area (Å²) in [5, 5.41) is 10.9. The lowest BCUT2D eigenvalue weighted by atomic mass is 9.99. The number of pyridine rings is 1. The number of anilines is 1. The molecule has 0 atom stereocenters. The third-order valence-corrected chi connectivity index (χ3v) is 5.67. The number of halogens is 1. The summed E-state index contributed by atoms with van der Waals surface area (Å²) >= 11 is 0. The molecule has 1 fully saturated rings. The molecule has 0 amide bonds. The van der Waals surface area contributed by atoms with Gasteiger partial charge in [-0.1, -0.05) is 19.0 Å². The molecule has 0 saturated carbocycles. The fourth-order valence-corrected chi connectivity index (χ4v) is 3.85. The molecule has 8 heteroatoms. The molecule has 1 saturated heterocycles. The van der Waals surface area contributed by atoms with Crippen LogP contribution >= 0.6 is 24.0 Å². The first-order valence-electron chi connectivity index (χ1n) is 11.4. The van der Waals surface area contributed by atoms with Crippen molar-refractivity contribution < 1.29 is 4.52 Å². The van der Waals surface area contributed by atoms with Gasteiger partial charge >= 0.3 is 0 Å². The van der Waals surface area contributed by atoms with Crippen molar-refractivity contribution >= 4 is 35.8 Å². The van der Waals surface area contributed by atoms with Gasteiger partial charge in [-0.2, -0.15) is 0 Å². The summed E-state index contributed by atoms with van der Waals surface area (Å²) in [7, 11) is 0. The number of aliphatic imine (C=N–C) groups is 1. The Bertz CT molecular complexity index is 799. The molecule has 172 valence electrons. The van der Waals surface area contributed by atoms with Crippen molar-refractivity contribution in [2.45, 2.75) is 71.9 Å². The number of hydrogen-bond acceptors (Lipinski definition) is 5. The van der Waals surface area contributed by atoms with E-state index in [1.807, 2.05) is 12.3 Å². The number of guanidine groups is 1. The van der Waals surface area contributed by atoms with Crippen LogP contribution in [0.1, 0.15) is 75.8 Å². The zero-order valence-corrected chi connectivity index (χ0v) is 21.4. The van der Waals surface area contributed by atoms with E-state index >= 15 is 0 Å². The summed E-state index contributed by atoms with van der Waals surface area (Å²) in [6.07, 6.45) is 7.86. The van der Waals surface area contributed by atoms with Crippen LogP contribution in [-0.2, 0) is 13.1 Å². The average Bonchev–Trinajstić information content (AvgIpc) is 3.26. The molecule has 31 heavy (non-hydrogen) atoms. The van der Waals surface area contributed by atoms with Gasteiger partial charge in [0.15, 0.2) is 11.7 Å². The molecule has 2 aromatic rings. The maximum absolute atomic E-state index is 5.51. The zero-order chi connectivity index (χ0) is 21.2. The number of hydrogen-bond donors (Lipinski definition) is 2. The van der Waals surface area contributed by atoms with Gasteiger partial charge in [0.25, 0.3) is 0 Å². The Hall–Kier alpha value is -1.84. The molecule has 2 aromatic heterocycles.